The van der Waals surface area contributed by atoms with Gasteiger partial charge >= 0.3 is 0 Å². The Morgan fingerprint density at radius 2 is 2.13 bits per heavy atom. The van der Waals surface area contributed by atoms with Gasteiger partial charge in [-0.15, -0.1) is 0 Å². The highest BCUT2D eigenvalue weighted by Gasteiger charge is 2.24. The molecule has 1 amide bonds. The Morgan fingerprint density at radius 1 is 1.43 bits per heavy atom. The van der Waals surface area contributed by atoms with Crippen molar-refractivity contribution in [1.82, 2.24) is 9.78 Å². The van der Waals surface area contributed by atoms with Gasteiger partial charge in [0.2, 0.25) is 11.7 Å². The molecule has 1 heterocycles. The van der Waals surface area contributed by atoms with E-state index in [2.05, 4.69) is 20.4 Å². The first-order valence-corrected chi connectivity index (χ1v) is 6.59. The van der Waals surface area contributed by atoms with Crippen molar-refractivity contribution in [2.75, 3.05) is 11.9 Å². The van der Waals surface area contributed by atoms with E-state index in [9.17, 15) is 14.0 Å². The van der Waals surface area contributed by atoms with Crippen LogP contribution in [0.3, 0.4) is 0 Å². The third-order valence-corrected chi connectivity index (χ3v) is 3.10. The van der Waals surface area contributed by atoms with Crippen LogP contribution in [0.25, 0.3) is 10.4 Å². The number of nitrogens with zero attached hydrogens (tertiary/aromatic N) is 5. The van der Waals surface area contributed by atoms with Crippen LogP contribution in [0.2, 0.25) is 0 Å². The molecule has 0 aliphatic heterocycles. The number of hydrogen-bond donors (Lipinski definition) is 1. The zero-order valence-corrected chi connectivity index (χ0v) is 12.4. The monoisotopic (exact) mass is 316 g/mol. The number of anilines is 1. The molecule has 0 aliphatic carbocycles. The first kappa shape index (κ1) is 16.2. The standard InChI is InChI=1S/C14H13FN6O2/c1-8-12(13(23)9-5-3-4-6-10(9)15)14(21(2)19-8)18-11(22)7-17-20-16/h3-6H,7H2,1-2H3,(H,18,22). The van der Waals surface area contributed by atoms with Gasteiger partial charge in [0.05, 0.1) is 16.8 Å². The summed E-state index contributed by atoms with van der Waals surface area (Å²) in [4.78, 5) is 26.8. The van der Waals surface area contributed by atoms with Crippen molar-refractivity contribution < 1.29 is 14.0 Å². The second kappa shape index (κ2) is 6.71. The smallest absolute Gasteiger partial charge is 0.231 e. The molecule has 2 aromatic rings. The van der Waals surface area contributed by atoms with Gasteiger partial charge in [-0.05, 0) is 24.6 Å². The molecule has 1 aromatic heterocycles. The van der Waals surface area contributed by atoms with Crippen molar-refractivity contribution in [1.29, 1.82) is 0 Å². The van der Waals surface area contributed by atoms with Crippen LogP contribution in [0.4, 0.5) is 10.2 Å². The van der Waals surface area contributed by atoms with Crippen LogP contribution in [-0.4, -0.2) is 28.0 Å². The number of benzene rings is 1. The molecule has 2 rings (SSSR count). The molecule has 0 bridgehead atoms. The summed E-state index contributed by atoms with van der Waals surface area (Å²) in [5.74, 6) is -1.73. The van der Waals surface area contributed by atoms with Gasteiger partial charge in [0.25, 0.3) is 0 Å². The Bertz CT molecular complexity index is 823. The highest BCUT2D eigenvalue weighted by atomic mass is 19.1. The van der Waals surface area contributed by atoms with Crippen molar-refractivity contribution in [2.45, 2.75) is 6.92 Å². The Labute approximate surface area is 130 Å². The normalized spacial score (nSPS) is 10.0. The molecule has 0 saturated heterocycles. The molecule has 23 heavy (non-hydrogen) atoms. The molecule has 1 N–H and O–H groups in total. The summed E-state index contributed by atoms with van der Waals surface area (Å²) in [5.41, 5.74) is 8.55. The fourth-order valence-electron chi connectivity index (χ4n) is 2.12. The van der Waals surface area contributed by atoms with E-state index in [0.29, 0.717) is 5.69 Å². The fraction of sp³-hybridized carbons (Fsp3) is 0.214. The lowest BCUT2D eigenvalue weighted by molar-refractivity contribution is -0.114. The van der Waals surface area contributed by atoms with Gasteiger partial charge in [-0.3, -0.25) is 14.3 Å². The number of carbonyl (C=O) groups is 2. The van der Waals surface area contributed by atoms with Crippen molar-refractivity contribution in [2.24, 2.45) is 12.2 Å². The molecule has 1 aromatic carbocycles. The Balaban J connectivity index is 2.43. The minimum absolute atomic E-state index is 0.0897. The molecule has 0 radical (unpaired) electrons. The van der Waals surface area contributed by atoms with Gasteiger partial charge in [-0.25, -0.2) is 4.39 Å². The second-order valence-corrected chi connectivity index (χ2v) is 4.68. The van der Waals surface area contributed by atoms with Crippen molar-refractivity contribution in [3.63, 3.8) is 0 Å². The van der Waals surface area contributed by atoms with E-state index in [1.807, 2.05) is 0 Å². The number of aryl methyl sites for hydroxylation is 2. The lowest BCUT2D eigenvalue weighted by Crippen LogP contribution is -2.19. The lowest BCUT2D eigenvalue weighted by atomic mass is 10.0. The minimum atomic E-state index is -0.660. The van der Waals surface area contributed by atoms with Crippen LogP contribution < -0.4 is 5.32 Å². The van der Waals surface area contributed by atoms with Crippen molar-refractivity contribution in [3.8, 4) is 0 Å². The number of amides is 1. The van der Waals surface area contributed by atoms with Gasteiger partial charge < -0.3 is 5.32 Å². The minimum Gasteiger partial charge on any atom is -0.310 e. The zero-order chi connectivity index (χ0) is 17.0. The van der Waals surface area contributed by atoms with Crippen LogP contribution in [0.15, 0.2) is 29.4 Å². The maximum absolute atomic E-state index is 13.8. The van der Waals surface area contributed by atoms with E-state index in [4.69, 9.17) is 5.53 Å². The zero-order valence-electron chi connectivity index (χ0n) is 12.4. The number of azide groups is 1. The summed E-state index contributed by atoms with van der Waals surface area (Å²) in [6, 6.07) is 5.56. The predicted octanol–water partition coefficient (Wildman–Crippen LogP) is 2.35. The van der Waals surface area contributed by atoms with E-state index in [1.165, 1.54) is 29.9 Å². The van der Waals surface area contributed by atoms with Gasteiger partial charge in [-0.1, -0.05) is 17.2 Å². The van der Waals surface area contributed by atoms with E-state index in [-0.39, 0.29) is 16.9 Å². The third kappa shape index (κ3) is 3.35. The van der Waals surface area contributed by atoms with E-state index in [0.717, 1.165) is 0 Å². The molecule has 0 spiro atoms. The molecular weight excluding hydrogens is 303 g/mol. The summed E-state index contributed by atoms with van der Waals surface area (Å²) in [6.45, 7) is 1.16. The number of halogens is 1. The van der Waals surface area contributed by atoms with E-state index >= 15 is 0 Å². The summed E-state index contributed by atoms with van der Waals surface area (Å²) < 4.78 is 15.1. The highest BCUT2D eigenvalue weighted by molar-refractivity contribution is 6.14. The topological polar surface area (TPSA) is 113 Å². The second-order valence-electron chi connectivity index (χ2n) is 4.68. The largest absolute Gasteiger partial charge is 0.310 e. The number of aromatic nitrogens is 2. The summed E-state index contributed by atoms with van der Waals surface area (Å²) in [6.07, 6.45) is 0. The molecule has 0 aliphatic rings. The molecule has 0 saturated carbocycles. The van der Waals surface area contributed by atoms with E-state index < -0.39 is 24.1 Å². The van der Waals surface area contributed by atoms with Crippen molar-refractivity contribution in [3.05, 3.63) is 57.3 Å². The van der Waals surface area contributed by atoms with Gasteiger partial charge in [0.15, 0.2) is 0 Å². The highest BCUT2D eigenvalue weighted by Crippen LogP contribution is 2.23. The number of ketones is 1. The summed E-state index contributed by atoms with van der Waals surface area (Å²) in [5, 5.41) is 9.68. The molecular formula is C14H13FN6O2. The average Bonchev–Trinajstić information content (AvgIpc) is 2.79. The maximum atomic E-state index is 13.8. The van der Waals surface area contributed by atoms with Crippen molar-refractivity contribution >= 4 is 17.5 Å². The fourth-order valence-corrected chi connectivity index (χ4v) is 2.12. The van der Waals surface area contributed by atoms with Gasteiger partial charge in [0.1, 0.15) is 18.2 Å². The van der Waals surface area contributed by atoms with Crippen LogP contribution in [0.1, 0.15) is 21.6 Å². The van der Waals surface area contributed by atoms with Gasteiger partial charge in [0, 0.05) is 12.0 Å². The lowest BCUT2D eigenvalue weighted by Gasteiger charge is -2.08. The number of rotatable bonds is 5. The Hall–Kier alpha value is -3.19. The van der Waals surface area contributed by atoms with Crippen LogP contribution in [-0.2, 0) is 11.8 Å². The molecule has 0 fully saturated rings. The summed E-state index contributed by atoms with van der Waals surface area (Å²) >= 11 is 0. The van der Waals surface area contributed by atoms with Gasteiger partial charge in [-0.2, -0.15) is 5.10 Å². The van der Waals surface area contributed by atoms with Crippen LogP contribution in [0, 0.1) is 12.7 Å². The quantitative estimate of drug-likeness (QED) is 0.395. The average molecular weight is 316 g/mol. The molecule has 9 heteroatoms. The SMILES string of the molecule is Cc1nn(C)c(NC(=O)CN=[N+]=[N-])c1C(=O)c1ccccc1F. The molecule has 0 atom stereocenters. The molecule has 118 valence electrons. The van der Waals surface area contributed by atoms with Crippen LogP contribution >= 0.6 is 0 Å². The third-order valence-electron chi connectivity index (χ3n) is 3.10. The predicted molar refractivity (Wildman–Crippen MR) is 80.4 cm³/mol. The number of hydrogen-bond acceptors (Lipinski definition) is 4. The summed E-state index contributed by atoms with van der Waals surface area (Å²) in [7, 11) is 1.54. The Morgan fingerprint density at radius 3 is 2.78 bits per heavy atom. The number of carbonyl (C=O) groups excluding carboxylic acids is 2. The first-order chi connectivity index (χ1) is 11.0. The maximum Gasteiger partial charge on any atom is 0.231 e. The molecule has 8 nitrogen and oxygen atoms in total. The molecule has 0 unspecified atom stereocenters. The Kier molecular flexibility index (Phi) is 4.72. The van der Waals surface area contributed by atoms with E-state index in [1.54, 1.807) is 13.0 Å². The van der Waals surface area contributed by atoms with Crippen LogP contribution in [0.5, 0.6) is 0 Å². The first-order valence-electron chi connectivity index (χ1n) is 6.59. The number of nitrogens with one attached hydrogen (secondary N) is 1.